The summed E-state index contributed by atoms with van der Waals surface area (Å²) >= 11 is 0. The van der Waals surface area contributed by atoms with Crippen molar-refractivity contribution in [1.29, 1.82) is 0 Å². The van der Waals surface area contributed by atoms with E-state index >= 15 is 0 Å². The summed E-state index contributed by atoms with van der Waals surface area (Å²) in [5, 5.41) is 8.63. The van der Waals surface area contributed by atoms with Crippen LogP contribution in [0.25, 0.3) is 100 Å². The lowest BCUT2D eigenvalue weighted by Crippen LogP contribution is -2.22. The highest BCUT2D eigenvalue weighted by Crippen LogP contribution is 2.41. The van der Waals surface area contributed by atoms with Crippen LogP contribution < -0.4 is 10.6 Å². The Bertz CT molecular complexity index is 3070. The summed E-state index contributed by atoms with van der Waals surface area (Å²) in [4.78, 5) is 15.8. The summed E-state index contributed by atoms with van der Waals surface area (Å²) in [6, 6.07) is 50.0. The zero-order valence-electron chi connectivity index (χ0n) is 28.6. The summed E-state index contributed by atoms with van der Waals surface area (Å²) in [6.07, 6.45) is 2.03. The van der Waals surface area contributed by atoms with Gasteiger partial charge in [0.25, 0.3) is 0 Å². The van der Waals surface area contributed by atoms with Crippen molar-refractivity contribution in [2.24, 2.45) is 0 Å². The Morgan fingerprint density at radius 2 is 1.04 bits per heavy atom. The van der Waals surface area contributed by atoms with Gasteiger partial charge in [-0.2, -0.15) is 0 Å². The molecule has 246 valence electrons. The summed E-state index contributed by atoms with van der Waals surface area (Å²) in [7, 11) is 0. The van der Waals surface area contributed by atoms with Crippen molar-refractivity contribution >= 4 is 66.1 Å². The topological polar surface area (TPSA) is 65.0 Å². The Morgan fingerprint density at radius 1 is 0.500 bits per heavy atom. The van der Waals surface area contributed by atoms with Crippen LogP contribution in [0, 0.1) is 0 Å². The average Bonchev–Trinajstić information content (AvgIpc) is 3.78. The molecule has 5 nitrogen and oxygen atoms in total. The van der Waals surface area contributed by atoms with Gasteiger partial charge in [0.2, 0.25) is 0 Å². The van der Waals surface area contributed by atoms with E-state index in [1.165, 1.54) is 0 Å². The molecule has 0 fully saturated rings. The zero-order valence-corrected chi connectivity index (χ0v) is 28.6. The maximum Gasteiger partial charge on any atom is 0.165 e. The van der Waals surface area contributed by atoms with E-state index in [1.54, 1.807) is 0 Å². The molecule has 0 radical (unpaired) electrons. The number of hydrogen-bond donors (Lipinski definition) is 0. The minimum atomic E-state index is 0.572. The highest BCUT2D eigenvalue weighted by molar-refractivity contribution is 6.14. The molecule has 10 rings (SSSR count). The maximum absolute atomic E-state index is 6.48. The van der Waals surface area contributed by atoms with Gasteiger partial charge >= 0.3 is 0 Å². The first kappa shape index (κ1) is 30.0. The van der Waals surface area contributed by atoms with Crippen molar-refractivity contribution in [3.05, 3.63) is 162 Å². The molecule has 52 heavy (non-hydrogen) atoms. The lowest BCUT2D eigenvalue weighted by Gasteiger charge is -2.14. The number of fused-ring (bicyclic) bond motifs is 6. The molecular formula is C47H31N3O2. The van der Waals surface area contributed by atoms with E-state index in [1.807, 2.05) is 43.3 Å². The van der Waals surface area contributed by atoms with Gasteiger partial charge in [-0.25, -0.2) is 15.0 Å². The average molecular weight is 670 g/mol. The molecule has 7 aromatic carbocycles. The largest absolute Gasteiger partial charge is 0.456 e. The standard InChI is InChI=1S/C47H31N3O2/c1-3-38-42(36-16-8-10-18-39(36)51-38)28(2)35-24-25-41-43(37-17-9-11-19-40(37)52-41)44(35)47-49-45(33-22-20-29-12-4-6-14-31(29)26-33)48-46(50-47)34-23-21-30-13-5-7-15-32(30)27-34/h3-27H,1-2H3/b38-3+,42-28+. The first-order valence-corrected chi connectivity index (χ1v) is 17.5. The molecule has 3 heterocycles. The van der Waals surface area contributed by atoms with E-state index in [4.69, 9.17) is 23.8 Å². The van der Waals surface area contributed by atoms with Gasteiger partial charge in [0.1, 0.15) is 22.2 Å². The molecule has 5 heteroatoms. The fourth-order valence-electron chi connectivity index (χ4n) is 7.55. The van der Waals surface area contributed by atoms with Gasteiger partial charge in [-0.1, -0.05) is 115 Å². The Balaban J connectivity index is 1.34. The lowest BCUT2D eigenvalue weighted by atomic mass is 9.93. The number of furan rings is 2. The number of benzene rings is 7. The van der Waals surface area contributed by atoms with Crippen LogP contribution in [0.3, 0.4) is 0 Å². The second kappa shape index (κ2) is 11.9. The molecule has 0 atom stereocenters. The maximum atomic E-state index is 6.48. The quantitative estimate of drug-likeness (QED) is 0.187. The number of aromatic nitrogens is 3. The third-order valence-corrected chi connectivity index (χ3v) is 10.1. The summed E-state index contributed by atoms with van der Waals surface area (Å²) in [6.45, 7) is 4.17. The lowest BCUT2D eigenvalue weighted by molar-refractivity contribution is 0.574. The first-order chi connectivity index (χ1) is 25.6. The second-order valence-corrected chi connectivity index (χ2v) is 13.1. The van der Waals surface area contributed by atoms with Crippen molar-refractivity contribution in [1.82, 2.24) is 15.0 Å². The van der Waals surface area contributed by atoms with Crippen molar-refractivity contribution in [3.63, 3.8) is 0 Å². The molecule has 3 aromatic heterocycles. The highest BCUT2D eigenvalue weighted by atomic mass is 16.3. The van der Waals surface area contributed by atoms with Crippen LogP contribution in [0.5, 0.6) is 0 Å². The van der Waals surface area contributed by atoms with E-state index in [0.29, 0.717) is 17.5 Å². The molecule has 0 aliphatic rings. The Hall–Kier alpha value is -6.85. The molecule has 0 bridgehead atoms. The van der Waals surface area contributed by atoms with Crippen LogP contribution in [-0.4, -0.2) is 15.0 Å². The van der Waals surface area contributed by atoms with Crippen molar-refractivity contribution in [2.45, 2.75) is 13.8 Å². The van der Waals surface area contributed by atoms with Crippen LogP contribution in [-0.2, 0) is 0 Å². The molecule has 0 amide bonds. The minimum Gasteiger partial charge on any atom is -0.456 e. The molecule has 0 saturated carbocycles. The Morgan fingerprint density at radius 3 is 1.67 bits per heavy atom. The van der Waals surface area contributed by atoms with E-state index in [9.17, 15) is 0 Å². The summed E-state index contributed by atoms with van der Waals surface area (Å²) in [5.41, 5.74) is 8.02. The van der Waals surface area contributed by atoms with Crippen LogP contribution in [0.15, 0.2) is 154 Å². The number of para-hydroxylation sites is 2. The van der Waals surface area contributed by atoms with Crippen LogP contribution in [0.2, 0.25) is 0 Å². The number of hydrogen-bond acceptors (Lipinski definition) is 5. The SMILES string of the molecule is C/C=c1/oc2ccccc2/c1=C(/C)c1ccc2oc3ccccc3c2c1-c1nc(-c2ccc3ccccc3c2)nc(-c2ccc3ccccc3c2)n1. The molecular weight excluding hydrogens is 639 g/mol. The smallest absolute Gasteiger partial charge is 0.165 e. The predicted octanol–water partition coefficient (Wildman–Crippen LogP) is 10.8. The molecule has 0 spiro atoms. The molecule has 0 aliphatic carbocycles. The molecule has 0 N–H and O–H groups in total. The van der Waals surface area contributed by atoms with Crippen LogP contribution in [0.1, 0.15) is 19.4 Å². The van der Waals surface area contributed by atoms with Crippen LogP contribution >= 0.6 is 0 Å². The normalized spacial score (nSPS) is 12.8. The van der Waals surface area contributed by atoms with E-state index in [-0.39, 0.29) is 0 Å². The molecule has 10 aromatic rings. The molecule has 0 saturated heterocycles. The van der Waals surface area contributed by atoms with Crippen LogP contribution in [0.4, 0.5) is 0 Å². The van der Waals surface area contributed by atoms with Gasteiger partial charge in [0.15, 0.2) is 17.5 Å². The van der Waals surface area contributed by atoms with Gasteiger partial charge < -0.3 is 8.83 Å². The van der Waals surface area contributed by atoms with E-state index in [0.717, 1.165) is 92.9 Å². The zero-order chi connectivity index (χ0) is 34.8. The van der Waals surface area contributed by atoms with E-state index in [2.05, 4.69) is 122 Å². The third kappa shape index (κ3) is 4.82. The summed E-state index contributed by atoms with van der Waals surface area (Å²) in [5.74, 6) is 1.77. The minimum absolute atomic E-state index is 0.572. The van der Waals surface area contributed by atoms with Gasteiger partial charge in [-0.05, 0) is 82.9 Å². The van der Waals surface area contributed by atoms with Gasteiger partial charge in [0.05, 0.1) is 0 Å². The Labute approximate surface area is 298 Å². The third-order valence-electron chi connectivity index (χ3n) is 10.1. The van der Waals surface area contributed by atoms with Gasteiger partial charge in [-0.3, -0.25) is 0 Å². The molecule has 0 aliphatic heterocycles. The van der Waals surface area contributed by atoms with Crippen molar-refractivity contribution < 1.29 is 8.83 Å². The van der Waals surface area contributed by atoms with Crippen molar-refractivity contribution in [2.75, 3.05) is 0 Å². The predicted molar refractivity (Wildman–Crippen MR) is 212 cm³/mol. The fraction of sp³-hybridized carbons (Fsp3) is 0.0426. The number of rotatable bonds is 4. The van der Waals surface area contributed by atoms with Gasteiger partial charge in [-0.15, -0.1) is 0 Å². The highest BCUT2D eigenvalue weighted by Gasteiger charge is 2.23. The fourth-order valence-corrected chi connectivity index (χ4v) is 7.55. The Kier molecular flexibility index (Phi) is 6.86. The monoisotopic (exact) mass is 669 g/mol. The molecule has 0 unspecified atom stereocenters. The second-order valence-electron chi connectivity index (χ2n) is 13.1. The first-order valence-electron chi connectivity index (χ1n) is 17.5. The van der Waals surface area contributed by atoms with Gasteiger partial charge in [0, 0.05) is 38.1 Å². The summed E-state index contributed by atoms with van der Waals surface area (Å²) < 4.78 is 12.8. The van der Waals surface area contributed by atoms with Crippen molar-refractivity contribution in [3.8, 4) is 34.2 Å². The number of nitrogens with zero attached hydrogens (tertiary/aromatic N) is 3. The van der Waals surface area contributed by atoms with E-state index < -0.39 is 0 Å².